The fourth-order valence-electron chi connectivity index (χ4n) is 1.57. The van der Waals surface area contributed by atoms with Gasteiger partial charge in [0.05, 0.1) is 4.92 Å². The van der Waals surface area contributed by atoms with Crippen molar-refractivity contribution in [3.8, 4) is 0 Å². The Labute approximate surface area is 104 Å². The molecule has 0 aliphatic heterocycles. The molecule has 2 aromatic carbocycles. The topological polar surface area (TPSA) is 43.1 Å². The molecule has 2 aromatic rings. The van der Waals surface area contributed by atoms with Crippen LogP contribution in [-0.2, 0) is 6.42 Å². The SMILES string of the molecule is O=[N+]([O-])c1ccc(Cc2ccc(Cl)cc2)cc1. The number of hydrogen-bond donors (Lipinski definition) is 0. The third kappa shape index (κ3) is 3.04. The van der Waals surface area contributed by atoms with Gasteiger partial charge in [-0.2, -0.15) is 0 Å². The van der Waals surface area contributed by atoms with Crippen molar-refractivity contribution in [3.05, 3.63) is 74.8 Å². The molecule has 0 N–H and O–H groups in total. The number of nitro benzene ring substituents is 1. The minimum absolute atomic E-state index is 0.116. The Morgan fingerprint density at radius 2 is 1.41 bits per heavy atom. The molecule has 4 heteroatoms. The summed E-state index contributed by atoms with van der Waals surface area (Å²) < 4.78 is 0. The minimum Gasteiger partial charge on any atom is -0.258 e. The van der Waals surface area contributed by atoms with Crippen LogP contribution in [0.3, 0.4) is 0 Å². The van der Waals surface area contributed by atoms with Crippen LogP contribution in [0.4, 0.5) is 5.69 Å². The summed E-state index contributed by atoms with van der Waals surface area (Å²) in [4.78, 5) is 10.1. The van der Waals surface area contributed by atoms with Gasteiger partial charge in [0.2, 0.25) is 0 Å². The zero-order valence-corrected chi connectivity index (χ0v) is 9.72. The molecule has 2 rings (SSSR count). The maximum Gasteiger partial charge on any atom is 0.269 e. The highest BCUT2D eigenvalue weighted by Crippen LogP contribution is 2.16. The van der Waals surface area contributed by atoms with Gasteiger partial charge in [0.25, 0.3) is 5.69 Å². The molecule has 0 bridgehead atoms. The standard InChI is InChI=1S/C13H10ClNO2/c14-12-5-1-10(2-6-12)9-11-3-7-13(8-4-11)15(16)17/h1-8H,9H2. The van der Waals surface area contributed by atoms with E-state index in [1.165, 1.54) is 12.1 Å². The number of benzene rings is 2. The molecule has 0 aliphatic rings. The summed E-state index contributed by atoms with van der Waals surface area (Å²) in [6, 6.07) is 14.1. The summed E-state index contributed by atoms with van der Waals surface area (Å²) in [6.45, 7) is 0. The zero-order chi connectivity index (χ0) is 12.3. The molecule has 0 aliphatic carbocycles. The summed E-state index contributed by atoms with van der Waals surface area (Å²) in [6.07, 6.45) is 0.745. The molecule has 0 radical (unpaired) electrons. The lowest BCUT2D eigenvalue weighted by atomic mass is 10.1. The van der Waals surface area contributed by atoms with Crippen LogP contribution in [-0.4, -0.2) is 4.92 Å². The summed E-state index contributed by atoms with van der Waals surface area (Å²) in [7, 11) is 0. The second-order valence-electron chi connectivity index (χ2n) is 3.73. The second-order valence-corrected chi connectivity index (χ2v) is 4.16. The molecule has 3 nitrogen and oxygen atoms in total. The minimum atomic E-state index is -0.397. The third-order valence-electron chi connectivity index (χ3n) is 2.47. The number of halogens is 1. The predicted octanol–water partition coefficient (Wildman–Crippen LogP) is 3.84. The van der Waals surface area contributed by atoms with E-state index in [4.69, 9.17) is 11.6 Å². The van der Waals surface area contributed by atoms with Gasteiger partial charge >= 0.3 is 0 Å². The lowest BCUT2D eigenvalue weighted by Crippen LogP contribution is -1.90. The third-order valence-corrected chi connectivity index (χ3v) is 2.72. The van der Waals surface area contributed by atoms with Crippen molar-refractivity contribution >= 4 is 17.3 Å². The Morgan fingerprint density at radius 3 is 1.88 bits per heavy atom. The highest BCUT2D eigenvalue weighted by Gasteiger charge is 2.04. The van der Waals surface area contributed by atoms with Crippen LogP contribution in [0.2, 0.25) is 5.02 Å². The van der Waals surface area contributed by atoms with Crippen LogP contribution in [0.5, 0.6) is 0 Å². The largest absolute Gasteiger partial charge is 0.269 e. The van der Waals surface area contributed by atoms with Gasteiger partial charge in [-0.15, -0.1) is 0 Å². The van der Waals surface area contributed by atoms with Gasteiger partial charge in [0, 0.05) is 17.2 Å². The fraction of sp³-hybridized carbons (Fsp3) is 0.0769. The van der Waals surface area contributed by atoms with E-state index < -0.39 is 4.92 Å². The predicted molar refractivity (Wildman–Crippen MR) is 67.4 cm³/mol. The Kier molecular flexibility index (Phi) is 3.40. The summed E-state index contributed by atoms with van der Waals surface area (Å²) in [5.41, 5.74) is 2.28. The van der Waals surface area contributed by atoms with E-state index >= 15 is 0 Å². The molecule has 86 valence electrons. The van der Waals surface area contributed by atoms with Crippen LogP contribution < -0.4 is 0 Å². The van der Waals surface area contributed by atoms with Gasteiger partial charge in [0.15, 0.2) is 0 Å². The van der Waals surface area contributed by atoms with Crippen molar-refractivity contribution in [2.45, 2.75) is 6.42 Å². The Morgan fingerprint density at radius 1 is 0.941 bits per heavy atom. The molecular weight excluding hydrogens is 238 g/mol. The molecule has 0 atom stereocenters. The number of non-ortho nitro benzene ring substituents is 1. The molecule has 0 aromatic heterocycles. The first-order valence-electron chi connectivity index (χ1n) is 5.13. The maximum absolute atomic E-state index is 10.5. The van der Waals surface area contributed by atoms with Crippen LogP contribution in [0.15, 0.2) is 48.5 Å². The lowest BCUT2D eigenvalue weighted by molar-refractivity contribution is -0.384. The Hall–Kier alpha value is -1.87. The number of hydrogen-bond acceptors (Lipinski definition) is 2. The van der Waals surface area contributed by atoms with Gasteiger partial charge in [-0.1, -0.05) is 35.9 Å². The summed E-state index contributed by atoms with van der Waals surface area (Å²) >= 11 is 5.80. The van der Waals surface area contributed by atoms with Crippen LogP contribution >= 0.6 is 11.6 Å². The van der Waals surface area contributed by atoms with Gasteiger partial charge in [-0.25, -0.2) is 0 Å². The average Bonchev–Trinajstić information content (AvgIpc) is 2.33. The molecular formula is C13H10ClNO2. The first kappa shape index (κ1) is 11.6. The number of nitro groups is 1. The molecule has 0 saturated heterocycles. The smallest absolute Gasteiger partial charge is 0.258 e. The first-order chi connectivity index (χ1) is 8.15. The van der Waals surface area contributed by atoms with E-state index in [0.29, 0.717) is 5.02 Å². The molecule has 0 amide bonds. The number of nitrogens with zero attached hydrogens (tertiary/aromatic N) is 1. The molecule has 0 heterocycles. The van der Waals surface area contributed by atoms with Crippen molar-refractivity contribution in [2.75, 3.05) is 0 Å². The maximum atomic E-state index is 10.5. The monoisotopic (exact) mass is 247 g/mol. The van der Waals surface area contributed by atoms with Crippen molar-refractivity contribution in [1.82, 2.24) is 0 Å². The average molecular weight is 248 g/mol. The van der Waals surface area contributed by atoms with E-state index in [2.05, 4.69) is 0 Å². The molecule has 0 unspecified atom stereocenters. The van der Waals surface area contributed by atoms with Crippen molar-refractivity contribution < 1.29 is 4.92 Å². The van der Waals surface area contributed by atoms with E-state index in [0.717, 1.165) is 17.5 Å². The fourth-order valence-corrected chi connectivity index (χ4v) is 1.70. The summed E-state index contributed by atoms with van der Waals surface area (Å²) in [5, 5.41) is 11.2. The van der Waals surface area contributed by atoms with Gasteiger partial charge < -0.3 is 0 Å². The second kappa shape index (κ2) is 4.97. The van der Waals surface area contributed by atoms with Gasteiger partial charge in [0.1, 0.15) is 0 Å². The van der Waals surface area contributed by atoms with Crippen molar-refractivity contribution in [3.63, 3.8) is 0 Å². The first-order valence-corrected chi connectivity index (χ1v) is 5.51. The Balaban J connectivity index is 2.13. The molecule has 0 saturated carbocycles. The molecule has 0 spiro atoms. The highest BCUT2D eigenvalue weighted by atomic mass is 35.5. The van der Waals surface area contributed by atoms with Crippen molar-refractivity contribution in [2.24, 2.45) is 0 Å². The lowest BCUT2D eigenvalue weighted by Gasteiger charge is -2.01. The molecule has 17 heavy (non-hydrogen) atoms. The van der Waals surface area contributed by atoms with Crippen LogP contribution in [0.1, 0.15) is 11.1 Å². The molecule has 0 fully saturated rings. The van der Waals surface area contributed by atoms with Crippen molar-refractivity contribution in [1.29, 1.82) is 0 Å². The van der Waals surface area contributed by atoms with E-state index in [9.17, 15) is 10.1 Å². The summed E-state index contributed by atoms with van der Waals surface area (Å²) in [5.74, 6) is 0. The van der Waals surface area contributed by atoms with E-state index in [-0.39, 0.29) is 5.69 Å². The Bertz CT molecular complexity index is 520. The van der Waals surface area contributed by atoms with Crippen LogP contribution in [0.25, 0.3) is 0 Å². The quantitative estimate of drug-likeness (QED) is 0.611. The van der Waals surface area contributed by atoms with Gasteiger partial charge in [-0.3, -0.25) is 10.1 Å². The number of rotatable bonds is 3. The highest BCUT2D eigenvalue weighted by molar-refractivity contribution is 6.30. The van der Waals surface area contributed by atoms with Crippen LogP contribution in [0, 0.1) is 10.1 Å². The van der Waals surface area contributed by atoms with E-state index in [1.807, 2.05) is 24.3 Å². The normalized spacial score (nSPS) is 10.2. The van der Waals surface area contributed by atoms with E-state index in [1.54, 1.807) is 12.1 Å². The zero-order valence-electron chi connectivity index (χ0n) is 8.97. The van der Waals surface area contributed by atoms with Gasteiger partial charge in [-0.05, 0) is 29.7 Å².